The van der Waals surface area contributed by atoms with Gasteiger partial charge >= 0.3 is 14.0 Å². The molecule has 0 aliphatic carbocycles. The molecule has 0 aliphatic heterocycles. The second-order valence-corrected chi connectivity index (χ2v) is 9.85. The van der Waals surface area contributed by atoms with Gasteiger partial charge in [0.05, 0.1) is 30.9 Å². The Morgan fingerprint density at radius 2 is 1.67 bits per heavy atom. The zero-order chi connectivity index (χ0) is 24.7. The molecule has 0 aromatic heterocycles. The maximum atomic E-state index is 13.6. The van der Waals surface area contributed by atoms with E-state index in [0.29, 0.717) is 12.8 Å². The Hall–Kier alpha value is -1.46. The number of ether oxygens (including phenoxy) is 1. The van der Waals surface area contributed by atoms with Gasteiger partial charge in [-0.15, -0.1) is 0 Å². The number of halogens is 4. The molecule has 33 heavy (non-hydrogen) atoms. The molecule has 7 nitrogen and oxygen atoms in total. The minimum absolute atomic E-state index is 0.0223. The van der Waals surface area contributed by atoms with Gasteiger partial charge in [-0.25, -0.2) is 4.57 Å². The maximum Gasteiger partial charge on any atom is 0.469 e. The Labute approximate surface area is 198 Å². The van der Waals surface area contributed by atoms with Crippen LogP contribution < -0.4 is 10.5 Å². The summed E-state index contributed by atoms with van der Waals surface area (Å²) in [7, 11) is -4.80. The van der Waals surface area contributed by atoms with E-state index in [1.165, 1.54) is 12.1 Å². The Balaban J connectivity index is 2.01. The third-order valence-corrected chi connectivity index (χ3v) is 5.87. The van der Waals surface area contributed by atoms with Gasteiger partial charge in [0, 0.05) is 4.47 Å². The molecule has 0 fully saturated rings. The highest BCUT2D eigenvalue weighted by Gasteiger charge is 2.35. The van der Waals surface area contributed by atoms with Crippen LogP contribution >= 0.6 is 23.8 Å². The van der Waals surface area contributed by atoms with Gasteiger partial charge in [0.15, 0.2) is 0 Å². The molecule has 1 atom stereocenters. The van der Waals surface area contributed by atoms with Crippen LogP contribution in [0.5, 0.6) is 5.75 Å². The van der Waals surface area contributed by atoms with E-state index in [9.17, 15) is 22.8 Å². The molecule has 1 unspecified atom stereocenters. The minimum atomic E-state index is -4.80. The van der Waals surface area contributed by atoms with Crippen molar-refractivity contribution in [1.82, 2.24) is 0 Å². The van der Waals surface area contributed by atoms with E-state index in [2.05, 4.69) is 20.5 Å². The first-order valence-corrected chi connectivity index (χ1v) is 12.3. The standard InChI is InChI=1S/C21H26BrF3NO6P/c22-17-6-3-15(4-7-17)2-1-11-31-19-8-5-16(12-18(19)21(23,24)25)9-10-20(26,13-27)14-32-33(28,29)30/h3-8,12,27H,1-2,9-11,13-14,26H2,(H2,28,29,30). The molecule has 0 aliphatic rings. The smallest absolute Gasteiger partial charge is 0.469 e. The highest BCUT2D eigenvalue weighted by Crippen LogP contribution is 2.38. The monoisotopic (exact) mass is 555 g/mol. The van der Waals surface area contributed by atoms with Gasteiger partial charge in [0.2, 0.25) is 0 Å². The lowest BCUT2D eigenvalue weighted by atomic mass is 9.93. The molecule has 12 heteroatoms. The number of rotatable bonds is 12. The van der Waals surface area contributed by atoms with Gasteiger partial charge in [0.25, 0.3) is 0 Å². The number of aliphatic hydroxyl groups excluding tert-OH is 1. The summed E-state index contributed by atoms with van der Waals surface area (Å²) < 4.78 is 62.3. The fraction of sp³-hybridized carbons (Fsp3) is 0.429. The molecule has 0 radical (unpaired) electrons. The third kappa shape index (κ3) is 9.74. The van der Waals surface area contributed by atoms with Crippen LogP contribution in [0, 0.1) is 0 Å². The highest BCUT2D eigenvalue weighted by atomic mass is 79.9. The van der Waals surface area contributed by atoms with Crippen LogP contribution in [0.1, 0.15) is 29.5 Å². The van der Waals surface area contributed by atoms with Crippen molar-refractivity contribution in [2.45, 2.75) is 37.4 Å². The number of phosphoric acid groups is 1. The van der Waals surface area contributed by atoms with Crippen molar-refractivity contribution in [3.05, 3.63) is 63.6 Å². The van der Waals surface area contributed by atoms with E-state index in [1.54, 1.807) is 0 Å². The van der Waals surface area contributed by atoms with E-state index < -0.39 is 38.3 Å². The minimum Gasteiger partial charge on any atom is -0.493 e. The summed E-state index contributed by atoms with van der Waals surface area (Å²) in [6.07, 6.45) is -3.49. The lowest BCUT2D eigenvalue weighted by molar-refractivity contribution is -0.139. The average molecular weight is 556 g/mol. The number of alkyl halides is 3. The highest BCUT2D eigenvalue weighted by molar-refractivity contribution is 9.10. The van der Waals surface area contributed by atoms with Gasteiger partial charge in [-0.3, -0.25) is 4.52 Å². The first kappa shape index (κ1) is 27.8. The van der Waals surface area contributed by atoms with Crippen molar-refractivity contribution in [3.8, 4) is 5.75 Å². The Bertz CT molecular complexity index is 954. The molecule has 0 bridgehead atoms. The van der Waals surface area contributed by atoms with Gasteiger partial charge in [-0.1, -0.05) is 34.1 Å². The fourth-order valence-corrected chi connectivity index (χ4v) is 3.68. The van der Waals surface area contributed by atoms with Crippen molar-refractivity contribution in [3.63, 3.8) is 0 Å². The van der Waals surface area contributed by atoms with Gasteiger partial charge < -0.3 is 25.4 Å². The molecule has 0 amide bonds. The summed E-state index contributed by atoms with van der Waals surface area (Å²) in [6, 6.07) is 11.3. The maximum absolute atomic E-state index is 13.6. The summed E-state index contributed by atoms with van der Waals surface area (Å²) in [4.78, 5) is 17.6. The van der Waals surface area contributed by atoms with E-state index >= 15 is 0 Å². The first-order chi connectivity index (χ1) is 15.3. The van der Waals surface area contributed by atoms with Crippen molar-refractivity contribution in [1.29, 1.82) is 0 Å². The molecule has 184 valence electrons. The van der Waals surface area contributed by atoms with Crippen LogP contribution in [-0.4, -0.2) is 40.3 Å². The molecule has 0 spiro atoms. The van der Waals surface area contributed by atoms with Crippen LogP contribution in [0.3, 0.4) is 0 Å². The largest absolute Gasteiger partial charge is 0.493 e. The Kier molecular flexibility index (Phi) is 9.93. The predicted octanol–water partition coefficient (Wildman–Crippen LogP) is 4.21. The number of aliphatic hydroxyl groups is 1. The number of aryl methyl sites for hydroxylation is 2. The van der Waals surface area contributed by atoms with Crippen LogP contribution in [0.15, 0.2) is 46.9 Å². The molecular weight excluding hydrogens is 530 g/mol. The summed E-state index contributed by atoms with van der Waals surface area (Å²) in [6.45, 7) is -1.22. The second kappa shape index (κ2) is 11.8. The molecule has 2 rings (SSSR count). The van der Waals surface area contributed by atoms with E-state index in [-0.39, 0.29) is 30.8 Å². The van der Waals surface area contributed by atoms with Crippen molar-refractivity contribution in [2.75, 3.05) is 19.8 Å². The van der Waals surface area contributed by atoms with Crippen molar-refractivity contribution >= 4 is 23.8 Å². The van der Waals surface area contributed by atoms with Gasteiger partial charge in [0.1, 0.15) is 5.75 Å². The van der Waals surface area contributed by atoms with Crippen LogP contribution in [0.25, 0.3) is 0 Å². The van der Waals surface area contributed by atoms with Crippen LogP contribution in [-0.2, 0) is 28.1 Å². The lowest BCUT2D eigenvalue weighted by Crippen LogP contribution is -2.48. The summed E-state index contributed by atoms with van der Waals surface area (Å²) in [5, 5.41) is 9.44. The van der Waals surface area contributed by atoms with Crippen LogP contribution in [0.2, 0.25) is 0 Å². The third-order valence-electron chi connectivity index (χ3n) is 4.88. The second-order valence-electron chi connectivity index (χ2n) is 7.69. The number of benzene rings is 2. The fourth-order valence-electron chi connectivity index (χ4n) is 2.99. The molecule has 5 N–H and O–H groups in total. The van der Waals surface area contributed by atoms with Crippen molar-refractivity contribution < 1.29 is 41.9 Å². The summed E-state index contributed by atoms with van der Waals surface area (Å²) in [5.41, 5.74) is 4.75. The molecule has 0 saturated heterocycles. The van der Waals surface area contributed by atoms with Crippen molar-refractivity contribution in [2.24, 2.45) is 5.73 Å². The SMILES string of the molecule is NC(CO)(CCc1ccc(OCCCc2ccc(Br)cc2)c(C(F)(F)F)c1)COP(=O)(O)O. The number of nitrogens with two attached hydrogens (primary N) is 1. The molecular formula is C21H26BrF3NO6P. The Morgan fingerprint density at radius 3 is 2.24 bits per heavy atom. The van der Waals surface area contributed by atoms with E-state index in [1.807, 2.05) is 24.3 Å². The normalized spacial score (nSPS) is 14.2. The molecule has 2 aromatic carbocycles. The zero-order valence-corrected chi connectivity index (χ0v) is 20.1. The summed E-state index contributed by atoms with van der Waals surface area (Å²) >= 11 is 3.34. The summed E-state index contributed by atoms with van der Waals surface area (Å²) in [5.74, 6) is -0.284. The average Bonchev–Trinajstić information content (AvgIpc) is 2.74. The predicted molar refractivity (Wildman–Crippen MR) is 120 cm³/mol. The van der Waals surface area contributed by atoms with Crippen LogP contribution in [0.4, 0.5) is 13.2 Å². The first-order valence-electron chi connectivity index (χ1n) is 9.98. The Morgan fingerprint density at radius 1 is 1.03 bits per heavy atom. The van der Waals surface area contributed by atoms with E-state index in [0.717, 1.165) is 16.1 Å². The van der Waals surface area contributed by atoms with Gasteiger partial charge in [-0.2, -0.15) is 13.2 Å². The zero-order valence-electron chi connectivity index (χ0n) is 17.6. The number of phosphoric ester groups is 1. The van der Waals surface area contributed by atoms with E-state index in [4.69, 9.17) is 20.3 Å². The quantitative estimate of drug-likeness (QED) is 0.228. The lowest BCUT2D eigenvalue weighted by Gasteiger charge is -2.27. The number of hydrogen-bond donors (Lipinski definition) is 4. The molecule has 2 aromatic rings. The molecule has 0 heterocycles. The number of hydrogen-bond acceptors (Lipinski definition) is 5. The molecule has 0 saturated carbocycles. The van der Waals surface area contributed by atoms with Gasteiger partial charge in [-0.05, 0) is 61.1 Å². The topological polar surface area (TPSA) is 122 Å².